The van der Waals surface area contributed by atoms with E-state index < -0.39 is 0 Å². The maximum atomic E-state index is 12.3. The van der Waals surface area contributed by atoms with Crippen LogP contribution in [0.15, 0.2) is 30.3 Å². The Labute approximate surface area is 125 Å². The van der Waals surface area contributed by atoms with Crippen molar-refractivity contribution in [3.05, 3.63) is 40.9 Å². The van der Waals surface area contributed by atoms with Gasteiger partial charge in [0, 0.05) is 24.2 Å². The van der Waals surface area contributed by atoms with Gasteiger partial charge in [-0.3, -0.25) is 4.79 Å². The van der Waals surface area contributed by atoms with Crippen LogP contribution in [0, 0.1) is 5.92 Å². The van der Waals surface area contributed by atoms with Gasteiger partial charge in [0.25, 0.3) is 0 Å². The maximum Gasteiger partial charge on any atom is 0.246 e. The van der Waals surface area contributed by atoms with Gasteiger partial charge in [-0.25, -0.2) is 0 Å². The molecule has 4 heteroatoms. The van der Waals surface area contributed by atoms with E-state index in [1.165, 1.54) is 0 Å². The molecular formula is C16H21ClN2O. The number of amides is 1. The first-order valence-corrected chi connectivity index (χ1v) is 7.36. The molecule has 0 aromatic heterocycles. The van der Waals surface area contributed by atoms with Crippen molar-refractivity contribution in [2.75, 3.05) is 26.7 Å². The van der Waals surface area contributed by atoms with Gasteiger partial charge in [-0.2, -0.15) is 0 Å². The minimum Gasteiger partial charge on any atom is -0.339 e. The Balaban J connectivity index is 2.04. The molecule has 0 saturated carbocycles. The van der Waals surface area contributed by atoms with Gasteiger partial charge in [0.15, 0.2) is 0 Å². The van der Waals surface area contributed by atoms with E-state index in [0.29, 0.717) is 10.9 Å². The number of benzene rings is 1. The summed E-state index contributed by atoms with van der Waals surface area (Å²) >= 11 is 6.15. The Morgan fingerprint density at radius 3 is 2.95 bits per heavy atom. The molecule has 1 amide bonds. The van der Waals surface area contributed by atoms with E-state index in [1.807, 2.05) is 43.1 Å². The highest BCUT2D eigenvalue weighted by molar-refractivity contribution is 6.32. The van der Waals surface area contributed by atoms with Gasteiger partial charge in [0.05, 0.1) is 0 Å². The second kappa shape index (κ2) is 6.91. The topological polar surface area (TPSA) is 32.3 Å². The van der Waals surface area contributed by atoms with Crippen LogP contribution in [0.5, 0.6) is 0 Å². The third-order valence-corrected chi connectivity index (χ3v) is 4.06. The molecule has 1 aromatic carbocycles. The van der Waals surface area contributed by atoms with Crippen molar-refractivity contribution in [1.29, 1.82) is 0 Å². The zero-order valence-corrected chi connectivity index (χ0v) is 12.8. The molecule has 1 heterocycles. The van der Waals surface area contributed by atoms with Crippen LogP contribution < -0.4 is 5.32 Å². The number of likely N-dealkylation sites (tertiary alicyclic amines) is 1. The summed E-state index contributed by atoms with van der Waals surface area (Å²) in [7, 11) is 1.95. The lowest BCUT2D eigenvalue weighted by Crippen LogP contribution is -2.29. The van der Waals surface area contributed by atoms with Crippen molar-refractivity contribution < 1.29 is 4.79 Å². The van der Waals surface area contributed by atoms with E-state index in [9.17, 15) is 4.79 Å². The van der Waals surface area contributed by atoms with Crippen molar-refractivity contribution in [2.45, 2.75) is 13.3 Å². The van der Waals surface area contributed by atoms with Crippen LogP contribution >= 0.6 is 11.6 Å². The third kappa shape index (κ3) is 3.62. The number of hydrogen-bond acceptors (Lipinski definition) is 2. The van der Waals surface area contributed by atoms with Crippen LogP contribution in [0.4, 0.5) is 0 Å². The van der Waals surface area contributed by atoms with E-state index in [1.54, 1.807) is 6.08 Å². The highest BCUT2D eigenvalue weighted by atomic mass is 35.5. The number of halogens is 1. The van der Waals surface area contributed by atoms with Crippen LogP contribution in [-0.4, -0.2) is 37.5 Å². The molecule has 1 fully saturated rings. The lowest BCUT2D eigenvalue weighted by atomic mass is 10.1. The number of allylic oxidation sites excluding steroid dienone is 1. The molecule has 0 aliphatic carbocycles. The van der Waals surface area contributed by atoms with Gasteiger partial charge >= 0.3 is 0 Å². The number of hydrogen-bond donors (Lipinski definition) is 1. The molecular weight excluding hydrogens is 272 g/mol. The van der Waals surface area contributed by atoms with Gasteiger partial charge < -0.3 is 10.2 Å². The first-order chi connectivity index (χ1) is 9.61. The summed E-state index contributed by atoms with van der Waals surface area (Å²) in [6.45, 7) is 4.58. The fourth-order valence-electron chi connectivity index (χ4n) is 2.62. The van der Waals surface area contributed by atoms with E-state index >= 15 is 0 Å². The van der Waals surface area contributed by atoms with Crippen LogP contribution in [0.25, 0.3) is 5.57 Å². The summed E-state index contributed by atoms with van der Waals surface area (Å²) in [4.78, 5) is 14.2. The molecule has 1 aliphatic heterocycles. The van der Waals surface area contributed by atoms with E-state index in [2.05, 4.69) is 5.32 Å². The first kappa shape index (κ1) is 15.1. The second-order valence-electron chi connectivity index (χ2n) is 5.30. The minimum absolute atomic E-state index is 0.0843. The van der Waals surface area contributed by atoms with Crippen molar-refractivity contribution in [3.8, 4) is 0 Å². The zero-order valence-electron chi connectivity index (χ0n) is 12.0. The van der Waals surface area contributed by atoms with Crippen molar-refractivity contribution in [1.82, 2.24) is 10.2 Å². The fraction of sp³-hybridized carbons (Fsp3) is 0.438. The summed E-state index contributed by atoms with van der Waals surface area (Å²) in [6, 6.07) is 7.61. The third-order valence-electron chi connectivity index (χ3n) is 3.73. The Kier molecular flexibility index (Phi) is 5.21. The van der Waals surface area contributed by atoms with Crippen LogP contribution in [-0.2, 0) is 4.79 Å². The van der Waals surface area contributed by atoms with Crippen molar-refractivity contribution in [2.24, 2.45) is 5.92 Å². The highest BCUT2D eigenvalue weighted by Crippen LogP contribution is 2.24. The quantitative estimate of drug-likeness (QED) is 0.866. The molecule has 0 radical (unpaired) electrons. The van der Waals surface area contributed by atoms with Gasteiger partial charge in [0.1, 0.15) is 0 Å². The average molecular weight is 293 g/mol. The monoisotopic (exact) mass is 292 g/mol. The fourth-order valence-corrected chi connectivity index (χ4v) is 2.91. The molecule has 1 atom stereocenters. The largest absolute Gasteiger partial charge is 0.339 e. The number of nitrogens with zero attached hydrogens (tertiary/aromatic N) is 1. The molecule has 1 N–H and O–H groups in total. The molecule has 0 bridgehead atoms. The second-order valence-corrected chi connectivity index (χ2v) is 5.71. The summed E-state index contributed by atoms with van der Waals surface area (Å²) in [6.07, 6.45) is 2.77. The van der Waals surface area contributed by atoms with Gasteiger partial charge in [-0.1, -0.05) is 29.8 Å². The van der Waals surface area contributed by atoms with Crippen LogP contribution in [0.1, 0.15) is 18.9 Å². The Morgan fingerprint density at radius 2 is 2.25 bits per heavy atom. The zero-order chi connectivity index (χ0) is 14.5. The number of nitrogens with one attached hydrogen (secondary N) is 1. The molecule has 3 nitrogen and oxygen atoms in total. The minimum atomic E-state index is 0.0843. The molecule has 2 rings (SSSR count). The standard InChI is InChI=1S/C16H21ClN2O/c1-12(14-5-3-4-6-15(14)17)9-16(20)19-8-7-13(11-19)10-18-2/h3-6,9,13,18H,7-8,10-11H2,1-2H3. The van der Waals surface area contributed by atoms with Crippen LogP contribution in [0.3, 0.4) is 0 Å². The molecule has 20 heavy (non-hydrogen) atoms. The normalized spacial score (nSPS) is 19.4. The predicted molar refractivity (Wildman–Crippen MR) is 83.7 cm³/mol. The lowest BCUT2D eigenvalue weighted by Gasteiger charge is -2.15. The predicted octanol–water partition coefficient (Wildman–Crippen LogP) is 2.81. The number of carbonyl (C=O) groups excluding carboxylic acids is 1. The van der Waals surface area contributed by atoms with Crippen molar-refractivity contribution in [3.63, 3.8) is 0 Å². The van der Waals surface area contributed by atoms with E-state index in [4.69, 9.17) is 11.6 Å². The van der Waals surface area contributed by atoms with Gasteiger partial charge in [-0.15, -0.1) is 0 Å². The Hall–Kier alpha value is -1.32. The SMILES string of the molecule is CNCC1CCN(C(=O)C=C(C)c2ccccc2Cl)C1. The van der Waals surface area contributed by atoms with E-state index in [0.717, 1.165) is 37.2 Å². The molecule has 1 unspecified atom stereocenters. The smallest absolute Gasteiger partial charge is 0.246 e. The average Bonchev–Trinajstić information content (AvgIpc) is 2.88. The Morgan fingerprint density at radius 1 is 1.50 bits per heavy atom. The molecule has 1 saturated heterocycles. The van der Waals surface area contributed by atoms with Crippen molar-refractivity contribution >= 4 is 23.1 Å². The molecule has 1 aromatic rings. The summed E-state index contributed by atoms with van der Waals surface area (Å²) < 4.78 is 0. The lowest BCUT2D eigenvalue weighted by molar-refractivity contribution is -0.125. The first-order valence-electron chi connectivity index (χ1n) is 6.98. The van der Waals surface area contributed by atoms with Crippen LogP contribution in [0.2, 0.25) is 5.02 Å². The molecule has 108 valence electrons. The number of rotatable bonds is 4. The summed E-state index contributed by atoms with van der Waals surface area (Å²) in [5.41, 5.74) is 1.84. The summed E-state index contributed by atoms with van der Waals surface area (Å²) in [5, 5.41) is 3.86. The number of carbonyl (C=O) groups is 1. The van der Waals surface area contributed by atoms with E-state index in [-0.39, 0.29) is 5.91 Å². The van der Waals surface area contributed by atoms with Gasteiger partial charge in [0.2, 0.25) is 5.91 Å². The molecule has 0 spiro atoms. The summed E-state index contributed by atoms with van der Waals surface area (Å²) in [5.74, 6) is 0.652. The highest BCUT2D eigenvalue weighted by Gasteiger charge is 2.24. The molecule has 1 aliphatic rings. The van der Waals surface area contributed by atoms with Gasteiger partial charge in [-0.05, 0) is 50.1 Å². The Bertz CT molecular complexity index is 513. The maximum absolute atomic E-state index is 12.3.